The third-order valence-corrected chi connectivity index (χ3v) is 3.82. The molecule has 1 amide bonds. The lowest BCUT2D eigenvalue weighted by Gasteiger charge is -2.28. The van der Waals surface area contributed by atoms with Crippen LogP contribution in [0, 0.1) is 16.7 Å². The van der Waals surface area contributed by atoms with Crippen molar-refractivity contribution in [3.63, 3.8) is 0 Å². The van der Waals surface area contributed by atoms with Crippen molar-refractivity contribution < 1.29 is 4.79 Å². The molecule has 2 aromatic rings. The molecule has 0 unspecified atom stereocenters. The Balaban J connectivity index is 1.82. The Morgan fingerprint density at radius 3 is 2.85 bits per heavy atom. The molecule has 1 aliphatic rings. The molecule has 0 saturated heterocycles. The van der Waals surface area contributed by atoms with Crippen LogP contribution >= 0.6 is 0 Å². The second kappa shape index (κ2) is 4.93. The van der Waals surface area contributed by atoms with Gasteiger partial charge in [0.25, 0.3) is 0 Å². The molecular weight excluding hydrogens is 254 g/mol. The van der Waals surface area contributed by atoms with Gasteiger partial charge in [0.2, 0.25) is 11.9 Å². The van der Waals surface area contributed by atoms with Gasteiger partial charge in [0, 0.05) is 6.20 Å². The maximum Gasteiger partial charge on any atom is 0.249 e. The molecule has 1 fully saturated rings. The molecule has 20 heavy (non-hydrogen) atoms. The number of hydrogen-bond acceptors (Lipinski definition) is 4. The van der Waals surface area contributed by atoms with E-state index < -0.39 is 5.41 Å². The number of anilines is 1. The molecule has 2 aromatic heterocycles. The van der Waals surface area contributed by atoms with E-state index in [0.717, 1.165) is 19.3 Å². The van der Waals surface area contributed by atoms with E-state index in [-0.39, 0.29) is 11.9 Å². The summed E-state index contributed by atoms with van der Waals surface area (Å²) in [4.78, 5) is 16.6. The van der Waals surface area contributed by atoms with E-state index >= 15 is 0 Å². The fraction of sp³-hybridized carbons (Fsp3) is 0.429. The monoisotopic (exact) mass is 269 g/mol. The van der Waals surface area contributed by atoms with E-state index in [4.69, 9.17) is 0 Å². The van der Waals surface area contributed by atoms with E-state index in [1.807, 2.05) is 18.2 Å². The van der Waals surface area contributed by atoms with E-state index in [1.54, 1.807) is 10.7 Å². The summed E-state index contributed by atoms with van der Waals surface area (Å²) in [5.74, 6) is -0.0306. The van der Waals surface area contributed by atoms with Crippen molar-refractivity contribution >= 4 is 17.5 Å². The SMILES string of the molecule is N#CC1(C(=O)Nc2nc3ccccn3n2)CCCCC1. The van der Waals surface area contributed by atoms with Gasteiger partial charge in [-0.25, -0.2) is 4.52 Å². The first-order chi connectivity index (χ1) is 9.73. The summed E-state index contributed by atoms with van der Waals surface area (Å²) >= 11 is 0. The minimum atomic E-state index is -0.921. The quantitative estimate of drug-likeness (QED) is 0.905. The highest BCUT2D eigenvalue weighted by atomic mass is 16.2. The van der Waals surface area contributed by atoms with Crippen LogP contribution in [0.25, 0.3) is 5.65 Å². The number of pyridine rings is 1. The zero-order valence-corrected chi connectivity index (χ0v) is 11.0. The summed E-state index contributed by atoms with van der Waals surface area (Å²) in [7, 11) is 0. The maximum atomic E-state index is 12.4. The first-order valence-electron chi connectivity index (χ1n) is 6.78. The van der Waals surface area contributed by atoms with Gasteiger partial charge in [-0.15, -0.1) is 5.10 Å². The smallest absolute Gasteiger partial charge is 0.249 e. The second-order valence-corrected chi connectivity index (χ2v) is 5.15. The van der Waals surface area contributed by atoms with Crippen molar-refractivity contribution in [1.82, 2.24) is 14.6 Å². The minimum absolute atomic E-state index is 0.251. The Morgan fingerprint density at radius 1 is 1.35 bits per heavy atom. The van der Waals surface area contributed by atoms with Gasteiger partial charge in [0.1, 0.15) is 5.41 Å². The van der Waals surface area contributed by atoms with Crippen molar-refractivity contribution in [2.45, 2.75) is 32.1 Å². The lowest BCUT2D eigenvalue weighted by Crippen LogP contribution is -2.37. The Bertz CT molecular complexity index is 645. The standard InChI is InChI=1S/C14H15N5O/c15-10-14(7-3-1-4-8-14)12(20)17-13-16-11-6-2-5-9-19(11)18-13/h2,5-6,9H,1,3-4,7-8H2,(H,17,18,20). The highest BCUT2D eigenvalue weighted by Crippen LogP contribution is 2.36. The molecule has 6 nitrogen and oxygen atoms in total. The predicted octanol–water partition coefficient (Wildman–Crippen LogP) is 2.14. The molecule has 0 aromatic carbocycles. The summed E-state index contributed by atoms with van der Waals surface area (Å²) < 4.78 is 1.59. The molecule has 2 heterocycles. The zero-order chi connectivity index (χ0) is 14.0. The number of hydrogen-bond donors (Lipinski definition) is 1. The third-order valence-electron chi connectivity index (χ3n) is 3.82. The van der Waals surface area contributed by atoms with Crippen LogP contribution in [0.4, 0.5) is 5.95 Å². The average molecular weight is 269 g/mol. The van der Waals surface area contributed by atoms with Crippen LogP contribution in [0.3, 0.4) is 0 Å². The van der Waals surface area contributed by atoms with Crippen LogP contribution in [0.15, 0.2) is 24.4 Å². The van der Waals surface area contributed by atoms with Gasteiger partial charge in [-0.3, -0.25) is 10.1 Å². The van der Waals surface area contributed by atoms with Gasteiger partial charge in [-0.1, -0.05) is 25.3 Å². The number of carbonyl (C=O) groups excluding carboxylic acids is 1. The van der Waals surface area contributed by atoms with E-state index in [2.05, 4.69) is 21.5 Å². The van der Waals surface area contributed by atoms with Gasteiger partial charge in [-0.05, 0) is 25.0 Å². The second-order valence-electron chi connectivity index (χ2n) is 5.15. The largest absolute Gasteiger partial charge is 0.292 e. The summed E-state index contributed by atoms with van der Waals surface area (Å²) in [6, 6.07) is 7.70. The molecule has 0 bridgehead atoms. The van der Waals surface area contributed by atoms with Crippen LogP contribution in [-0.2, 0) is 4.79 Å². The topological polar surface area (TPSA) is 83.1 Å². The lowest BCUT2D eigenvalue weighted by atomic mass is 9.74. The van der Waals surface area contributed by atoms with Gasteiger partial charge < -0.3 is 0 Å². The fourth-order valence-corrected chi connectivity index (χ4v) is 2.65. The molecule has 3 rings (SSSR count). The Morgan fingerprint density at radius 2 is 2.15 bits per heavy atom. The molecule has 0 spiro atoms. The van der Waals surface area contributed by atoms with Crippen molar-refractivity contribution in [1.29, 1.82) is 5.26 Å². The van der Waals surface area contributed by atoms with E-state index in [1.165, 1.54) is 0 Å². The Hall–Kier alpha value is -2.42. The van der Waals surface area contributed by atoms with Crippen molar-refractivity contribution in [3.05, 3.63) is 24.4 Å². The molecule has 102 valence electrons. The number of aromatic nitrogens is 3. The summed E-state index contributed by atoms with van der Waals surface area (Å²) in [6.45, 7) is 0. The number of carbonyl (C=O) groups is 1. The first kappa shape index (κ1) is 12.6. The van der Waals surface area contributed by atoms with Crippen molar-refractivity contribution in [2.75, 3.05) is 5.32 Å². The van der Waals surface area contributed by atoms with Gasteiger partial charge in [0.15, 0.2) is 5.65 Å². The number of amides is 1. The van der Waals surface area contributed by atoms with Crippen molar-refractivity contribution in [2.24, 2.45) is 5.41 Å². The van der Waals surface area contributed by atoms with E-state index in [0.29, 0.717) is 18.5 Å². The molecule has 0 radical (unpaired) electrons. The lowest BCUT2D eigenvalue weighted by molar-refractivity contribution is -0.124. The summed E-state index contributed by atoms with van der Waals surface area (Å²) in [6.07, 6.45) is 5.91. The zero-order valence-electron chi connectivity index (χ0n) is 11.0. The Kier molecular flexibility index (Phi) is 3.11. The fourth-order valence-electron chi connectivity index (χ4n) is 2.65. The predicted molar refractivity (Wildman–Crippen MR) is 72.7 cm³/mol. The molecular formula is C14H15N5O. The molecule has 1 aliphatic carbocycles. The Labute approximate surface area is 116 Å². The third kappa shape index (κ3) is 2.11. The minimum Gasteiger partial charge on any atom is -0.292 e. The first-order valence-corrected chi connectivity index (χ1v) is 6.78. The summed E-state index contributed by atoms with van der Waals surface area (Å²) in [5, 5.41) is 16.2. The van der Waals surface area contributed by atoms with Crippen LogP contribution in [0.5, 0.6) is 0 Å². The van der Waals surface area contributed by atoms with Gasteiger partial charge in [0.05, 0.1) is 6.07 Å². The van der Waals surface area contributed by atoms with Gasteiger partial charge in [-0.2, -0.15) is 10.2 Å². The molecule has 0 aliphatic heterocycles. The van der Waals surface area contributed by atoms with Crippen LogP contribution < -0.4 is 5.32 Å². The van der Waals surface area contributed by atoms with Crippen LogP contribution in [-0.4, -0.2) is 20.5 Å². The number of rotatable bonds is 2. The van der Waals surface area contributed by atoms with E-state index in [9.17, 15) is 10.1 Å². The van der Waals surface area contributed by atoms with Crippen LogP contribution in [0.2, 0.25) is 0 Å². The average Bonchev–Trinajstić information content (AvgIpc) is 2.90. The molecule has 1 saturated carbocycles. The number of nitrogens with one attached hydrogen (secondary N) is 1. The normalized spacial score (nSPS) is 17.6. The molecule has 0 atom stereocenters. The highest BCUT2D eigenvalue weighted by molar-refractivity contribution is 5.96. The maximum absolute atomic E-state index is 12.4. The molecule has 6 heteroatoms. The number of nitrogens with zero attached hydrogens (tertiary/aromatic N) is 4. The van der Waals surface area contributed by atoms with Crippen LogP contribution in [0.1, 0.15) is 32.1 Å². The molecule has 1 N–H and O–H groups in total. The van der Waals surface area contributed by atoms with Gasteiger partial charge >= 0.3 is 0 Å². The number of nitriles is 1. The summed E-state index contributed by atoms with van der Waals surface area (Å²) in [5.41, 5.74) is -0.257. The highest BCUT2D eigenvalue weighted by Gasteiger charge is 2.40. The van der Waals surface area contributed by atoms with Crippen molar-refractivity contribution in [3.8, 4) is 6.07 Å². The number of fused-ring (bicyclic) bond motifs is 1.